The second-order valence-electron chi connectivity index (χ2n) is 6.09. The van der Waals surface area contributed by atoms with E-state index in [4.69, 9.17) is 11.6 Å². The number of halogens is 1. The van der Waals surface area contributed by atoms with Crippen molar-refractivity contribution in [2.75, 3.05) is 19.6 Å². The van der Waals surface area contributed by atoms with E-state index in [1.807, 2.05) is 35.6 Å². The Bertz CT molecular complexity index is 685. The number of rotatable bonds is 5. The molecule has 122 valence electrons. The van der Waals surface area contributed by atoms with Crippen molar-refractivity contribution < 1.29 is 9.69 Å². The summed E-state index contributed by atoms with van der Waals surface area (Å²) in [5.74, 6) is 0.132. The van der Waals surface area contributed by atoms with Crippen molar-refractivity contribution >= 4 is 28.8 Å². The van der Waals surface area contributed by atoms with Crippen LogP contribution in [0.1, 0.15) is 29.0 Å². The number of hydrogen-bond acceptors (Lipinski definition) is 2. The predicted molar refractivity (Wildman–Crippen MR) is 95.3 cm³/mol. The number of amides is 1. The molecule has 0 radical (unpaired) electrons. The highest BCUT2D eigenvalue weighted by molar-refractivity contribution is 7.10. The van der Waals surface area contributed by atoms with Crippen LogP contribution in [0.15, 0.2) is 35.7 Å². The van der Waals surface area contributed by atoms with E-state index in [1.54, 1.807) is 0 Å². The number of fused-ring (bicyclic) bond motifs is 1. The summed E-state index contributed by atoms with van der Waals surface area (Å²) in [5.41, 5.74) is 2.57. The quantitative estimate of drug-likeness (QED) is 0.853. The van der Waals surface area contributed by atoms with Gasteiger partial charge in [0.05, 0.1) is 6.54 Å². The first-order valence-corrected chi connectivity index (χ1v) is 9.31. The Balaban J connectivity index is 1.47. The highest BCUT2D eigenvalue weighted by Crippen LogP contribution is 2.24. The molecule has 3 rings (SSSR count). The van der Waals surface area contributed by atoms with Crippen LogP contribution in [0, 0.1) is 0 Å². The lowest BCUT2D eigenvalue weighted by atomic mass is 10.0. The van der Waals surface area contributed by atoms with Crippen molar-refractivity contribution in [3.05, 3.63) is 56.7 Å². The molecule has 1 aliphatic heterocycles. The van der Waals surface area contributed by atoms with Crippen LogP contribution < -0.4 is 10.2 Å². The zero-order valence-electron chi connectivity index (χ0n) is 13.3. The smallest absolute Gasteiger partial charge is 0.275 e. The van der Waals surface area contributed by atoms with E-state index in [0.29, 0.717) is 19.1 Å². The molecular weight excluding hydrogens is 328 g/mol. The van der Waals surface area contributed by atoms with Crippen molar-refractivity contribution in [1.29, 1.82) is 0 Å². The monoisotopic (exact) mass is 349 g/mol. The Morgan fingerprint density at radius 1 is 1.43 bits per heavy atom. The molecule has 2 aromatic rings. The second kappa shape index (κ2) is 7.47. The standard InChI is InChI=1S/C18H21ClN2OS/c1-13-16-7-10-23-17(16)6-9-21(13)12-18(22)20-8-5-14-3-2-4-15(19)11-14/h2-4,7,10-11,13H,5-6,8-9,12H2,1H3,(H,20,22)/p+1/t13-/m1/s1. The van der Waals surface area contributed by atoms with Gasteiger partial charge in [-0.05, 0) is 42.5 Å². The third kappa shape index (κ3) is 4.14. The van der Waals surface area contributed by atoms with Gasteiger partial charge in [0.2, 0.25) is 0 Å². The van der Waals surface area contributed by atoms with Crippen LogP contribution >= 0.6 is 22.9 Å². The van der Waals surface area contributed by atoms with E-state index in [0.717, 1.165) is 30.0 Å². The highest BCUT2D eigenvalue weighted by atomic mass is 35.5. The van der Waals surface area contributed by atoms with Gasteiger partial charge in [0.15, 0.2) is 6.54 Å². The maximum Gasteiger partial charge on any atom is 0.275 e. The van der Waals surface area contributed by atoms with Gasteiger partial charge in [0.25, 0.3) is 5.91 Å². The van der Waals surface area contributed by atoms with E-state index < -0.39 is 0 Å². The van der Waals surface area contributed by atoms with Crippen LogP contribution in [0.4, 0.5) is 0 Å². The molecular formula is C18H22ClN2OS+. The maximum absolute atomic E-state index is 12.2. The summed E-state index contributed by atoms with van der Waals surface area (Å²) in [6.45, 7) is 4.46. The lowest BCUT2D eigenvalue weighted by molar-refractivity contribution is -0.924. The summed E-state index contributed by atoms with van der Waals surface area (Å²) < 4.78 is 0. The van der Waals surface area contributed by atoms with E-state index >= 15 is 0 Å². The Morgan fingerprint density at radius 2 is 2.30 bits per heavy atom. The third-order valence-electron chi connectivity index (χ3n) is 4.54. The van der Waals surface area contributed by atoms with Gasteiger partial charge in [-0.15, -0.1) is 11.3 Å². The van der Waals surface area contributed by atoms with Gasteiger partial charge < -0.3 is 10.2 Å². The van der Waals surface area contributed by atoms with Crippen LogP contribution in [0.25, 0.3) is 0 Å². The van der Waals surface area contributed by atoms with Crippen molar-refractivity contribution in [2.45, 2.75) is 25.8 Å². The number of nitrogens with one attached hydrogen (secondary N) is 2. The molecule has 0 aliphatic carbocycles. The summed E-state index contributed by atoms with van der Waals surface area (Å²) in [6, 6.07) is 10.4. The third-order valence-corrected chi connectivity index (χ3v) is 5.78. The number of hydrogen-bond donors (Lipinski definition) is 2. The fourth-order valence-electron chi connectivity index (χ4n) is 3.20. The summed E-state index contributed by atoms with van der Waals surface area (Å²) in [5, 5.41) is 5.94. The van der Waals surface area contributed by atoms with Crippen LogP contribution in [0.5, 0.6) is 0 Å². The largest absolute Gasteiger partial charge is 0.351 e. The molecule has 1 aromatic carbocycles. The molecule has 1 aromatic heterocycles. The molecule has 0 saturated carbocycles. The van der Waals surface area contributed by atoms with Crippen LogP contribution in [0.2, 0.25) is 5.02 Å². The van der Waals surface area contributed by atoms with E-state index in [2.05, 4.69) is 23.7 Å². The summed E-state index contributed by atoms with van der Waals surface area (Å²) in [6.07, 6.45) is 1.90. The summed E-state index contributed by atoms with van der Waals surface area (Å²) in [7, 11) is 0. The fraction of sp³-hybridized carbons (Fsp3) is 0.389. The van der Waals surface area contributed by atoms with Gasteiger partial charge in [-0.25, -0.2) is 0 Å². The average molecular weight is 350 g/mol. The van der Waals surface area contributed by atoms with Gasteiger partial charge in [-0.2, -0.15) is 0 Å². The number of thiophene rings is 1. The molecule has 0 spiro atoms. The first-order chi connectivity index (χ1) is 11.1. The Morgan fingerprint density at radius 3 is 3.13 bits per heavy atom. The molecule has 1 aliphatic rings. The molecule has 23 heavy (non-hydrogen) atoms. The first kappa shape index (κ1) is 16.5. The van der Waals surface area contributed by atoms with E-state index in [1.165, 1.54) is 15.3 Å². The van der Waals surface area contributed by atoms with Crippen molar-refractivity contribution in [2.24, 2.45) is 0 Å². The number of benzene rings is 1. The summed E-state index contributed by atoms with van der Waals surface area (Å²) >= 11 is 7.81. The second-order valence-corrected chi connectivity index (χ2v) is 7.52. The zero-order valence-corrected chi connectivity index (χ0v) is 14.8. The molecule has 1 unspecified atom stereocenters. The van der Waals surface area contributed by atoms with Crippen LogP contribution in [-0.4, -0.2) is 25.5 Å². The Hall–Kier alpha value is -1.36. The van der Waals surface area contributed by atoms with Crippen molar-refractivity contribution in [3.8, 4) is 0 Å². The van der Waals surface area contributed by atoms with Crippen molar-refractivity contribution in [3.63, 3.8) is 0 Å². The van der Waals surface area contributed by atoms with Gasteiger partial charge in [-0.3, -0.25) is 4.79 Å². The molecule has 0 bridgehead atoms. The molecule has 3 nitrogen and oxygen atoms in total. The van der Waals surface area contributed by atoms with Gasteiger partial charge in [-0.1, -0.05) is 23.7 Å². The average Bonchev–Trinajstić information content (AvgIpc) is 3.00. The topological polar surface area (TPSA) is 33.5 Å². The molecule has 2 heterocycles. The normalized spacial score (nSPS) is 20.1. The van der Waals surface area contributed by atoms with Gasteiger partial charge >= 0.3 is 0 Å². The first-order valence-electron chi connectivity index (χ1n) is 8.05. The zero-order chi connectivity index (χ0) is 16.2. The molecule has 5 heteroatoms. The fourth-order valence-corrected chi connectivity index (χ4v) is 4.39. The van der Waals surface area contributed by atoms with Crippen molar-refractivity contribution in [1.82, 2.24) is 5.32 Å². The number of carbonyl (C=O) groups excluding carboxylic acids is 1. The van der Waals surface area contributed by atoms with E-state index in [9.17, 15) is 4.79 Å². The van der Waals surface area contributed by atoms with Gasteiger partial charge in [0.1, 0.15) is 6.04 Å². The molecule has 0 saturated heterocycles. The molecule has 2 N–H and O–H groups in total. The molecule has 0 fully saturated rings. The van der Waals surface area contributed by atoms with Crippen LogP contribution in [0.3, 0.4) is 0 Å². The summed E-state index contributed by atoms with van der Waals surface area (Å²) in [4.78, 5) is 15.1. The lowest BCUT2D eigenvalue weighted by Gasteiger charge is -2.29. The minimum atomic E-state index is 0.132. The number of quaternary nitrogens is 1. The Kier molecular flexibility index (Phi) is 5.36. The van der Waals surface area contributed by atoms with Gasteiger partial charge in [0, 0.05) is 28.4 Å². The van der Waals surface area contributed by atoms with Crippen LogP contribution in [-0.2, 0) is 17.6 Å². The Labute approximate surface area is 146 Å². The maximum atomic E-state index is 12.2. The minimum absolute atomic E-state index is 0.132. The predicted octanol–water partition coefficient (Wildman–Crippen LogP) is 2.26. The minimum Gasteiger partial charge on any atom is -0.351 e. The lowest BCUT2D eigenvalue weighted by Crippen LogP contribution is -3.14. The highest BCUT2D eigenvalue weighted by Gasteiger charge is 2.29. The SMILES string of the molecule is C[C@@H]1c2ccsc2CC[NH+]1CC(=O)NCCc1cccc(Cl)c1. The molecule has 2 atom stereocenters. The van der Waals surface area contributed by atoms with E-state index in [-0.39, 0.29) is 5.91 Å². The number of carbonyl (C=O) groups is 1. The molecule has 1 amide bonds.